The number of hydrogen-bond donors (Lipinski definition) is 0. The maximum atomic E-state index is 11.5. The minimum Gasteiger partial charge on any atom is -0.462 e. The summed E-state index contributed by atoms with van der Waals surface area (Å²) in [6, 6.07) is 4.44. The molecule has 0 heterocycles. The number of nitro benzene ring substituents is 1. The highest BCUT2D eigenvalue weighted by molar-refractivity contribution is 14.1. The number of hydrogen-bond acceptors (Lipinski definition) is 5. The van der Waals surface area contributed by atoms with Gasteiger partial charge in [0.1, 0.15) is 11.6 Å². The van der Waals surface area contributed by atoms with Gasteiger partial charge in [0.05, 0.1) is 20.7 Å². The Kier molecular flexibility index (Phi) is 4.39. The van der Waals surface area contributed by atoms with Crippen LogP contribution in [0.5, 0.6) is 0 Å². The molecule has 0 aliphatic rings. The van der Waals surface area contributed by atoms with Gasteiger partial charge in [-0.05, 0) is 41.6 Å². The molecule has 6 nitrogen and oxygen atoms in total. The SMILES string of the molecule is CCOC(=O)c1ccc(I)c([N+](=O)[O-])c1C#N. The van der Waals surface area contributed by atoms with E-state index in [1.165, 1.54) is 12.1 Å². The summed E-state index contributed by atoms with van der Waals surface area (Å²) in [5, 5.41) is 19.8. The lowest BCUT2D eigenvalue weighted by atomic mass is 10.1. The predicted octanol–water partition coefficient (Wildman–Crippen LogP) is 2.25. The highest BCUT2D eigenvalue weighted by Gasteiger charge is 2.25. The number of ether oxygens (including phenoxy) is 1. The van der Waals surface area contributed by atoms with Gasteiger partial charge in [-0.15, -0.1) is 0 Å². The van der Waals surface area contributed by atoms with E-state index in [0.29, 0.717) is 3.57 Å². The van der Waals surface area contributed by atoms with E-state index < -0.39 is 10.9 Å². The summed E-state index contributed by atoms with van der Waals surface area (Å²) < 4.78 is 5.03. The summed E-state index contributed by atoms with van der Waals surface area (Å²) in [6.45, 7) is 1.76. The lowest BCUT2D eigenvalue weighted by Gasteiger charge is -2.05. The molecule has 0 aromatic heterocycles. The van der Waals surface area contributed by atoms with Gasteiger partial charge >= 0.3 is 11.7 Å². The average molecular weight is 346 g/mol. The second kappa shape index (κ2) is 5.58. The molecule has 1 aromatic rings. The molecule has 0 saturated carbocycles. The van der Waals surface area contributed by atoms with Gasteiger partial charge in [0.15, 0.2) is 0 Å². The van der Waals surface area contributed by atoms with Crippen LogP contribution in [0, 0.1) is 25.0 Å². The number of rotatable bonds is 3. The Labute approximate surface area is 110 Å². The topological polar surface area (TPSA) is 93.2 Å². The van der Waals surface area contributed by atoms with Gasteiger partial charge in [0.2, 0.25) is 0 Å². The van der Waals surface area contributed by atoms with E-state index in [0.717, 1.165) is 0 Å². The summed E-state index contributed by atoms with van der Waals surface area (Å²) >= 11 is 1.74. The minimum atomic E-state index is -0.733. The largest absolute Gasteiger partial charge is 0.462 e. The maximum absolute atomic E-state index is 11.5. The molecule has 0 aliphatic carbocycles. The Morgan fingerprint density at radius 1 is 1.65 bits per heavy atom. The van der Waals surface area contributed by atoms with Gasteiger partial charge < -0.3 is 4.74 Å². The van der Waals surface area contributed by atoms with Crippen LogP contribution < -0.4 is 0 Å². The molecule has 0 N–H and O–H groups in total. The van der Waals surface area contributed by atoms with Crippen LogP contribution in [-0.2, 0) is 4.74 Å². The zero-order chi connectivity index (χ0) is 13.0. The minimum absolute atomic E-state index is 0.0820. The lowest BCUT2D eigenvalue weighted by molar-refractivity contribution is -0.386. The summed E-state index contributed by atoms with van der Waals surface area (Å²) in [6.07, 6.45) is 0. The number of carbonyl (C=O) groups excluding carboxylic acids is 1. The number of esters is 1. The van der Waals surface area contributed by atoms with Gasteiger partial charge in [-0.1, -0.05) is 0 Å². The average Bonchev–Trinajstić information content (AvgIpc) is 2.27. The third-order valence-corrected chi connectivity index (χ3v) is 2.79. The molecule has 0 fully saturated rings. The van der Waals surface area contributed by atoms with Crippen molar-refractivity contribution >= 4 is 34.2 Å². The van der Waals surface area contributed by atoms with Crippen LogP contribution in [0.3, 0.4) is 0 Å². The molecule has 17 heavy (non-hydrogen) atoms. The Morgan fingerprint density at radius 2 is 2.29 bits per heavy atom. The summed E-state index contributed by atoms with van der Waals surface area (Å²) in [7, 11) is 0. The zero-order valence-electron chi connectivity index (χ0n) is 8.77. The van der Waals surface area contributed by atoms with E-state index in [2.05, 4.69) is 0 Å². The molecular weight excluding hydrogens is 339 g/mol. The van der Waals surface area contributed by atoms with Crippen molar-refractivity contribution in [2.45, 2.75) is 6.92 Å². The van der Waals surface area contributed by atoms with E-state index in [1.807, 2.05) is 0 Å². The van der Waals surface area contributed by atoms with Crippen LogP contribution in [0.2, 0.25) is 0 Å². The first-order chi connectivity index (χ1) is 8.02. The van der Waals surface area contributed by atoms with E-state index in [1.54, 1.807) is 35.6 Å². The van der Waals surface area contributed by atoms with Crippen LogP contribution in [0.25, 0.3) is 0 Å². The van der Waals surface area contributed by atoms with Crippen LogP contribution in [-0.4, -0.2) is 17.5 Å². The van der Waals surface area contributed by atoms with Crippen molar-refractivity contribution in [2.24, 2.45) is 0 Å². The van der Waals surface area contributed by atoms with Gasteiger partial charge in [0.25, 0.3) is 0 Å². The standard InChI is InChI=1S/C10H7IN2O4/c1-2-17-10(14)6-3-4-8(11)9(13(15)16)7(6)5-12/h3-4H,2H2,1H3. The predicted molar refractivity (Wildman–Crippen MR) is 66.5 cm³/mol. The van der Waals surface area contributed by atoms with Crippen molar-refractivity contribution in [3.05, 3.63) is 36.9 Å². The van der Waals surface area contributed by atoms with E-state index in [4.69, 9.17) is 10.00 Å². The molecule has 0 aliphatic heterocycles. The number of benzene rings is 1. The van der Waals surface area contributed by atoms with Crippen molar-refractivity contribution in [3.8, 4) is 6.07 Å². The first kappa shape index (κ1) is 13.4. The van der Waals surface area contributed by atoms with Crippen molar-refractivity contribution in [2.75, 3.05) is 6.61 Å². The first-order valence-corrected chi connectivity index (χ1v) is 5.64. The van der Waals surface area contributed by atoms with E-state index >= 15 is 0 Å². The Hall–Kier alpha value is -1.69. The third-order valence-electron chi connectivity index (χ3n) is 1.92. The lowest BCUT2D eigenvalue weighted by Crippen LogP contribution is -2.09. The Morgan fingerprint density at radius 3 is 2.76 bits per heavy atom. The first-order valence-electron chi connectivity index (χ1n) is 4.57. The fourth-order valence-electron chi connectivity index (χ4n) is 1.24. The smallest absolute Gasteiger partial charge is 0.339 e. The van der Waals surface area contributed by atoms with Crippen molar-refractivity contribution in [3.63, 3.8) is 0 Å². The highest BCUT2D eigenvalue weighted by atomic mass is 127. The summed E-state index contributed by atoms with van der Waals surface area (Å²) in [4.78, 5) is 21.7. The fraction of sp³-hybridized carbons (Fsp3) is 0.200. The number of halogens is 1. The number of nitriles is 1. The molecule has 0 unspecified atom stereocenters. The quantitative estimate of drug-likeness (QED) is 0.362. The molecule has 0 radical (unpaired) electrons. The van der Waals surface area contributed by atoms with Crippen LogP contribution in [0.15, 0.2) is 12.1 Å². The molecular formula is C10H7IN2O4. The van der Waals surface area contributed by atoms with Crippen LogP contribution in [0.1, 0.15) is 22.8 Å². The van der Waals surface area contributed by atoms with Gasteiger partial charge in [0, 0.05) is 0 Å². The van der Waals surface area contributed by atoms with Gasteiger partial charge in [-0.2, -0.15) is 5.26 Å². The molecule has 1 rings (SSSR count). The normalized spacial score (nSPS) is 9.47. The van der Waals surface area contributed by atoms with E-state index in [9.17, 15) is 14.9 Å². The second-order valence-corrected chi connectivity index (χ2v) is 4.07. The monoisotopic (exact) mass is 346 g/mol. The van der Waals surface area contributed by atoms with Gasteiger partial charge in [-0.3, -0.25) is 10.1 Å². The van der Waals surface area contributed by atoms with E-state index in [-0.39, 0.29) is 23.4 Å². The van der Waals surface area contributed by atoms with Gasteiger partial charge in [-0.25, -0.2) is 4.79 Å². The summed E-state index contributed by atoms with van der Waals surface area (Å²) in [5.74, 6) is -0.733. The fourth-order valence-corrected chi connectivity index (χ4v) is 1.88. The molecule has 1 aromatic carbocycles. The Balaban J connectivity index is 3.45. The van der Waals surface area contributed by atoms with Crippen molar-refractivity contribution in [1.82, 2.24) is 0 Å². The molecule has 7 heteroatoms. The number of nitro groups is 1. The highest BCUT2D eigenvalue weighted by Crippen LogP contribution is 2.28. The second-order valence-electron chi connectivity index (χ2n) is 2.91. The Bertz CT molecular complexity index is 522. The molecule has 0 amide bonds. The molecule has 0 spiro atoms. The molecule has 0 bridgehead atoms. The third kappa shape index (κ3) is 2.71. The van der Waals surface area contributed by atoms with Crippen LogP contribution >= 0.6 is 22.6 Å². The summed E-state index contributed by atoms with van der Waals surface area (Å²) in [5.41, 5.74) is -0.708. The van der Waals surface area contributed by atoms with Crippen LogP contribution in [0.4, 0.5) is 5.69 Å². The van der Waals surface area contributed by atoms with Crippen molar-refractivity contribution in [1.29, 1.82) is 5.26 Å². The molecule has 0 saturated heterocycles. The maximum Gasteiger partial charge on any atom is 0.339 e. The zero-order valence-corrected chi connectivity index (χ0v) is 10.9. The number of carbonyl (C=O) groups is 1. The molecule has 0 atom stereocenters. The van der Waals surface area contributed by atoms with Crippen molar-refractivity contribution < 1.29 is 14.5 Å². The number of nitrogens with zero attached hydrogens (tertiary/aromatic N) is 2. The molecule has 88 valence electrons.